The normalized spacial score (nSPS) is 11.5. The van der Waals surface area contributed by atoms with E-state index in [1.54, 1.807) is 0 Å². The van der Waals surface area contributed by atoms with Crippen molar-refractivity contribution in [3.05, 3.63) is 10.6 Å². The molecule has 0 fully saturated rings. The lowest BCUT2D eigenvalue weighted by atomic mass is 9.91. The van der Waals surface area contributed by atoms with Crippen LogP contribution in [-0.4, -0.2) is 35.6 Å². The van der Waals surface area contributed by atoms with E-state index in [4.69, 9.17) is 0 Å². The van der Waals surface area contributed by atoms with E-state index < -0.39 is 0 Å². The Kier molecular flexibility index (Phi) is 4.37. The Morgan fingerprint density at radius 1 is 1.38 bits per heavy atom. The van der Waals surface area contributed by atoms with Crippen LogP contribution in [0.4, 0.5) is 0 Å². The van der Waals surface area contributed by atoms with Crippen molar-refractivity contribution in [1.82, 2.24) is 20.2 Å². The second-order valence-corrected chi connectivity index (χ2v) is 5.31. The van der Waals surface area contributed by atoms with Crippen LogP contribution in [0.15, 0.2) is 0 Å². The first-order valence-electron chi connectivity index (χ1n) is 5.22. The predicted molar refractivity (Wildman–Crippen MR) is 64.9 cm³/mol. The molecule has 0 aliphatic rings. The molecule has 1 heterocycles. The molecule has 0 saturated heterocycles. The second-order valence-electron chi connectivity index (χ2n) is 4.56. The number of carbonyl (C=O) groups is 1. The molecule has 1 rings (SSSR count). The highest BCUT2D eigenvalue weighted by Crippen LogP contribution is 2.25. The van der Waals surface area contributed by atoms with Gasteiger partial charge in [0, 0.05) is 18.5 Å². The van der Waals surface area contributed by atoms with Crippen molar-refractivity contribution in [1.29, 1.82) is 0 Å². The Balaban J connectivity index is 2.73. The van der Waals surface area contributed by atoms with Crippen molar-refractivity contribution in [3.8, 4) is 0 Å². The molecule has 0 atom stereocenters. The Morgan fingerprint density at radius 2 is 2.06 bits per heavy atom. The molecule has 0 spiro atoms. The van der Waals surface area contributed by atoms with E-state index in [0.29, 0.717) is 11.4 Å². The van der Waals surface area contributed by atoms with Crippen LogP contribution >= 0.6 is 11.5 Å². The molecule has 0 aliphatic heterocycles. The number of likely N-dealkylation sites (N-methyl/N-ethyl adjacent to an activating group) is 1. The minimum absolute atomic E-state index is 0.0878. The Morgan fingerprint density at radius 3 is 2.62 bits per heavy atom. The zero-order valence-electron chi connectivity index (χ0n) is 10.1. The average molecular weight is 242 g/mol. The summed E-state index contributed by atoms with van der Waals surface area (Å²) in [5.41, 5.74) is 0.613. The molecule has 1 aromatic heterocycles. The fraction of sp³-hybridized carbons (Fsp3) is 0.700. The standard InChI is InChI=1S/C10H18N4OS/c1-10(2,3)8-7(16-14-13-8)9(15)12-6-5-11-4/h11H,5-6H2,1-4H3,(H,12,15). The molecule has 16 heavy (non-hydrogen) atoms. The highest BCUT2D eigenvalue weighted by atomic mass is 32.1. The summed E-state index contributed by atoms with van der Waals surface area (Å²) in [4.78, 5) is 12.5. The van der Waals surface area contributed by atoms with Gasteiger partial charge in [-0.3, -0.25) is 4.79 Å². The van der Waals surface area contributed by atoms with Gasteiger partial charge in [-0.25, -0.2) is 0 Å². The molecular weight excluding hydrogens is 224 g/mol. The zero-order valence-corrected chi connectivity index (χ0v) is 10.9. The summed E-state index contributed by atoms with van der Waals surface area (Å²) in [6.07, 6.45) is 0. The van der Waals surface area contributed by atoms with E-state index in [1.807, 2.05) is 27.8 Å². The number of hydrogen-bond donors (Lipinski definition) is 2. The molecule has 0 aromatic carbocycles. The fourth-order valence-corrected chi connectivity index (χ4v) is 2.00. The van der Waals surface area contributed by atoms with Crippen molar-refractivity contribution in [2.24, 2.45) is 0 Å². The van der Waals surface area contributed by atoms with Gasteiger partial charge in [-0.2, -0.15) is 0 Å². The maximum atomic E-state index is 11.8. The number of nitrogens with zero attached hydrogens (tertiary/aromatic N) is 2. The van der Waals surface area contributed by atoms with E-state index in [2.05, 4.69) is 20.2 Å². The highest BCUT2D eigenvalue weighted by molar-refractivity contribution is 7.08. The average Bonchev–Trinajstić information content (AvgIpc) is 2.65. The lowest BCUT2D eigenvalue weighted by molar-refractivity contribution is 0.0956. The quantitative estimate of drug-likeness (QED) is 0.766. The maximum absolute atomic E-state index is 11.8. The Hall–Kier alpha value is -1.01. The van der Waals surface area contributed by atoms with Crippen LogP contribution < -0.4 is 10.6 Å². The predicted octanol–water partition coefficient (Wildman–Crippen LogP) is 0.785. The lowest BCUT2D eigenvalue weighted by Crippen LogP contribution is -2.31. The number of amides is 1. The highest BCUT2D eigenvalue weighted by Gasteiger charge is 2.25. The fourth-order valence-electron chi connectivity index (χ4n) is 1.21. The van der Waals surface area contributed by atoms with Gasteiger partial charge in [0.05, 0.1) is 5.69 Å². The van der Waals surface area contributed by atoms with Gasteiger partial charge in [0.15, 0.2) is 0 Å². The molecule has 0 unspecified atom stereocenters. The Labute approximate surface area is 99.8 Å². The molecule has 2 N–H and O–H groups in total. The molecule has 0 saturated carbocycles. The molecule has 1 amide bonds. The third-order valence-electron chi connectivity index (χ3n) is 2.07. The minimum Gasteiger partial charge on any atom is -0.350 e. The maximum Gasteiger partial charge on any atom is 0.265 e. The van der Waals surface area contributed by atoms with Crippen LogP contribution in [0.1, 0.15) is 36.1 Å². The van der Waals surface area contributed by atoms with Crippen LogP contribution in [-0.2, 0) is 5.41 Å². The van der Waals surface area contributed by atoms with E-state index in [1.165, 1.54) is 0 Å². The van der Waals surface area contributed by atoms with Crippen LogP contribution in [0.3, 0.4) is 0 Å². The lowest BCUT2D eigenvalue weighted by Gasteiger charge is -2.16. The largest absolute Gasteiger partial charge is 0.350 e. The third-order valence-corrected chi connectivity index (χ3v) is 2.79. The van der Waals surface area contributed by atoms with E-state index in [9.17, 15) is 4.79 Å². The minimum atomic E-state index is -0.150. The first-order valence-corrected chi connectivity index (χ1v) is 5.99. The van der Waals surface area contributed by atoms with E-state index in [-0.39, 0.29) is 11.3 Å². The van der Waals surface area contributed by atoms with E-state index >= 15 is 0 Å². The summed E-state index contributed by atoms with van der Waals surface area (Å²) in [7, 11) is 1.85. The smallest absolute Gasteiger partial charge is 0.265 e. The number of rotatable bonds is 4. The summed E-state index contributed by atoms with van der Waals surface area (Å²) < 4.78 is 3.85. The summed E-state index contributed by atoms with van der Waals surface area (Å²) in [6, 6.07) is 0. The van der Waals surface area contributed by atoms with Crippen LogP contribution in [0.5, 0.6) is 0 Å². The number of nitrogens with one attached hydrogen (secondary N) is 2. The zero-order chi connectivity index (χ0) is 12.2. The third kappa shape index (κ3) is 3.24. The molecule has 0 bridgehead atoms. The summed E-state index contributed by atoms with van der Waals surface area (Å²) in [5.74, 6) is -0.0878. The first-order chi connectivity index (χ1) is 7.46. The molecule has 90 valence electrons. The van der Waals surface area contributed by atoms with Crippen LogP contribution in [0.25, 0.3) is 0 Å². The van der Waals surface area contributed by atoms with Gasteiger partial charge >= 0.3 is 0 Å². The molecular formula is C10H18N4OS. The molecule has 1 aromatic rings. The van der Waals surface area contributed by atoms with Gasteiger partial charge in [-0.15, -0.1) is 5.10 Å². The van der Waals surface area contributed by atoms with Gasteiger partial charge in [-0.05, 0) is 18.6 Å². The van der Waals surface area contributed by atoms with E-state index in [0.717, 1.165) is 23.8 Å². The number of aromatic nitrogens is 2. The molecule has 0 radical (unpaired) electrons. The van der Waals surface area contributed by atoms with Crippen molar-refractivity contribution >= 4 is 17.4 Å². The van der Waals surface area contributed by atoms with Crippen molar-refractivity contribution < 1.29 is 4.79 Å². The molecule has 5 nitrogen and oxygen atoms in total. The van der Waals surface area contributed by atoms with Gasteiger partial charge in [-0.1, -0.05) is 25.3 Å². The van der Waals surface area contributed by atoms with Crippen molar-refractivity contribution in [2.75, 3.05) is 20.1 Å². The van der Waals surface area contributed by atoms with Crippen LogP contribution in [0, 0.1) is 0 Å². The summed E-state index contributed by atoms with van der Waals surface area (Å²) >= 11 is 1.15. The van der Waals surface area contributed by atoms with Crippen molar-refractivity contribution in [3.63, 3.8) is 0 Å². The van der Waals surface area contributed by atoms with Gasteiger partial charge in [0.25, 0.3) is 5.91 Å². The topological polar surface area (TPSA) is 66.9 Å². The van der Waals surface area contributed by atoms with Crippen LogP contribution in [0.2, 0.25) is 0 Å². The Bertz CT molecular complexity index is 356. The summed E-state index contributed by atoms with van der Waals surface area (Å²) in [6.45, 7) is 7.43. The van der Waals surface area contributed by atoms with Crippen molar-refractivity contribution in [2.45, 2.75) is 26.2 Å². The van der Waals surface area contributed by atoms with Gasteiger partial charge in [0.2, 0.25) is 0 Å². The molecule has 6 heteroatoms. The second kappa shape index (κ2) is 5.36. The number of hydrogen-bond acceptors (Lipinski definition) is 5. The first kappa shape index (κ1) is 13.1. The van der Waals surface area contributed by atoms with Gasteiger partial charge in [0.1, 0.15) is 4.88 Å². The monoisotopic (exact) mass is 242 g/mol. The van der Waals surface area contributed by atoms with Gasteiger partial charge < -0.3 is 10.6 Å². The molecule has 0 aliphatic carbocycles. The summed E-state index contributed by atoms with van der Waals surface area (Å²) in [5, 5.41) is 9.83. The number of carbonyl (C=O) groups excluding carboxylic acids is 1. The SMILES string of the molecule is CNCCNC(=O)c1snnc1C(C)(C)C.